The quantitative estimate of drug-likeness (QED) is 0.891. The van der Waals surface area contributed by atoms with Gasteiger partial charge in [0.25, 0.3) is 0 Å². The second-order valence-corrected chi connectivity index (χ2v) is 7.43. The second kappa shape index (κ2) is 8.48. The van der Waals surface area contributed by atoms with Gasteiger partial charge in [0.1, 0.15) is 0 Å². The number of piperazine rings is 1. The molecule has 1 N–H and O–H groups in total. The van der Waals surface area contributed by atoms with E-state index < -0.39 is 0 Å². The van der Waals surface area contributed by atoms with Crippen LogP contribution in [0.1, 0.15) is 44.1 Å². The molecule has 0 radical (unpaired) electrons. The third kappa shape index (κ3) is 4.48. The molecule has 1 aromatic carbocycles. The Bertz CT molecular complexity index is 490. The van der Waals surface area contributed by atoms with Crippen molar-refractivity contribution in [3.63, 3.8) is 0 Å². The third-order valence-corrected chi connectivity index (χ3v) is 5.84. The van der Waals surface area contributed by atoms with E-state index in [0.717, 1.165) is 43.7 Å². The Balaban J connectivity index is 1.62. The molecule has 1 atom stereocenters. The van der Waals surface area contributed by atoms with Gasteiger partial charge in [0.05, 0.1) is 0 Å². The van der Waals surface area contributed by atoms with Crippen LogP contribution in [0.4, 0.5) is 0 Å². The fourth-order valence-corrected chi connectivity index (χ4v) is 4.44. The maximum atomic E-state index is 9.49. The van der Waals surface area contributed by atoms with Crippen LogP contribution in [-0.2, 0) is 6.54 Å². The van der Waals surface area contributed by atoms with E-state index in [-0.39, 0.29) is 6.61 Å². The monoisotopic (exact) mass is 336 g/mol. The number of aliphatic hydroxyl groups is 1. The lowest BCUT2D eigenvalue weighted by Gasteiger charge is -2.46. The van der Waals surface area contributed by atoms with Crippen molar-refractivity contribution in [3.05, 3.63) is 34.9 Å². The highest BCUT2D eigenvalue weighted by Crippen LogP contribution is 2.28. The molecule has 1 aromatic rings. The second-order valence-electron chi connectivity index (χ2n) is 7.02. The van der Waals surface area contributed by atoms with Gasteiger partial charge in [-0.1, -0.05) is 49.1 Å². The first-order valence-corrected chi connectivity index (χ1v) is 9.48. The zero-order chi connectivity index (χ0) is 16.1. The molecule has 2 aliphatic rings. The Labute approximate surface area is 145 Å². The van der Waals surface area contributed by atoms with E-state index in [9.17, 15) is 5.11 Å². The lowest BCUT2D eigenvalue weighted by atomic mass is 9.91. The van der Waals surface area contributed by atoms with E-state index in [1.807, 2.05) is 12.1 Å². The van der Waals surface area contributed by atoms with Gasteiger partial charge in [-0.05, 0) is 30.9 Å². The van der Waals surface area contributed by atoms with E-state index in [2.05, 4.69) is 21.9 Å². The normalized spacial score (nSPS) is 24.9. The predicted molar refractivity (Wildman–Crippen MR) is 95.8 cm³/mol. The summed E-state index contributed by atoms with van der Waals surface area (Å²) in [6.45, 7) is 4.47. The van der Waals surface area contributed by atoms with Crippen LogP contribution in [0.15, 0.2) is 24.3 Å². The van der Waals surface area contributed by atoms with Gasteiger partial charge in [0.15, 0.2) is 0 Å². The first-order valence-electron chi connectivity index (χ1n) is 9.10. The standard InChI is InChI=1S/C19H29ClN2O/c20-19-9-5-4-6-16(19)14-21-11-12-22(18(15-21)10-13-23)17-7-2-1-3-8-17/h4-6,9,17-18,23H,1-3,7-8,10-15H2/t18-/m1/s1. The summed E-state index contributed by atoms with van der Waals surface area (Å²) >= 11 is 6.31. The predicted octanol–water partition coefficient (Wildman–Crippen LogP) is 3.54. The maximum Gasteiger partial charge on any atom is 0.0451 e. The fraction of sp³-hybridized carbons (Fsp3) is 0.684. The summed E-state index contributed by atoms with van der Waals surface area (Å²) in [7, 11) is 0. The molecule has 4 heteroatoms. The summed E-state index contributed by atoms with van der Waals surface area (Å²) in [6.07, 6.45) is 7.70. The maximum absolute atomic E-state index is 9.49. The molecule has 2 fully saturated rings. The van der Waals surface area contributed by atoms with Crippen molar-refractivity contribution in [3.8, 4) is 0 Å². The highest BCUT2D eigenvalue weighted by Gasteiger charge is 2.32. The molecule has 3 nitrogen and oxygen atoms in total. The first-order chi connectivity index (χ1) is 11.3. The molecule has 1 saturated heterocycles. The van der Waals surface area contributed by atoms with Gasteiger partial charge in [-0.25, -0.2) is 0 Å². The van der Waals surface area contributed by atoms with Gasteiger partial charge in [-0.15, -0.1) is 0 Å². The summed E-state index contributed by atoms with van der Waals surface area (Å²) in [5, 5.41) is 10.4. The molecule has 0 unspecified atom stereocenters. The molecule has 1 saturated carbocycles. The first kappa shape index (κ1) is 17.2. The lowest BCUT2D eigenvalue weighted by Crippen LogP contribution is -2.56. The number of rotatable bonds is 5. The topological polar surface area (TPSA) is 26.7 Å². The van der Waals surface area contributed by atoms with Crippen LogP contribution in [0.2, 0.25) is 5.02 Å². The van der Waals surface area contributed by atoms with Crippen molar-refractivity contribution in [2.75, 3.05) is 26.2 Å². The molecule has 0 spiro atoms. The van der Waals surface area contributed by atoms with Gasteiger partial charge in [0, 0.05) is 49.9 Å². The van der Waals surface area contributed by atoms with E-state index in [4.69, 9.17) is 11.6 Å². The van der Waals surface area contributed by atoms with Crippen LogP contribution in [0.3, 0.4) is 0 Å². The number of halogens is 1. The molecule has 128 valence electrons. The Kier molecular flexibility index (Phi) is 6.35. The summed E-state index contributed by atoms with van der Waals surface area (Å²) in [6, 6.07) is 9.37. The average molecular weight is 337 g/mol. The molecule has 23 heavy (non-hydrogen) atoms. The summed E-state index contributed by atoms with van der Waals surface area (Å²) in [4.78, 5) is 5.19. The van der Waals surface area contributed by atoms with E-state index in [0.29, 0.717) is 6.04 Å². The Morgan fingerprint density at radius 1 is 1.09 bits per heavy atom. The van der Waals surface area contributed by atoms with Gasteiger partial charge >= 0.3 is 0 Å². The third-order valence-electron chi connectivity index (χ3n) is 5.47. The summed E-state index contributed by atoms with van der Waals surface area (Å²) < 4.78 is 0. The zero-order valence-corrected chi connectivity index (χ0v) is 14.7. The number of benzene rings is 1. The fourth-order valence-electron chi connectivity index (χ4n) is 4.24. The number of hydrogen-bond acceptors (Lipinski definition) is 3. The summed E-state index contributed by atoms with van der Waals surface area (Å²) in [5.74, 6) is 0. The Morgan fingerprint density at radius 3 is 2.61 bits per heavy atom. The van der Waals surface area contributed by atoms with Crippen molar-refractivity contribution in [1.29, 1.82) is 0 Å². The molecule has 1 heterocycles. The number of nitrogens with zero attached hydrogens (tertiary/aromatic N) is 2. The number of hydrogen-bond donors (Lipinski definition) is 1. The minimum absolute atomic E-state index is 0.286. The van der Waals surface area contributed by atoms with Crippen molar-refractivity contribution in [2.24, 2.45) is 0 Å². The number of aliphatic hydroxyl groups excluding tert-OH is 1. The SMILES string of the molecule is OCC[C@@H]1CN(Cc2ccccc2Cl)CCN1C1CCCCC1. The van der Waals surface area contributed by atoms with Crippen LogP contribution in [0.5, 0.6) is 0 Å². The van der Waals surface area contributed by atoms with E-state index in [1.54, 1.807) is 0 Å². The lowest BCUT2D eigenvalue weighted by molar-refractivity contribution is 0.0137. The van der Waals surface area contributed by atoms with E-state index >= 15 is 0 Å². The highest BCUT2D eigenvalue weighted by atomic mass is 35.5. The Morgan fingerprint density at radius 2 is 1.87 bits per heavy atom. The van der Waals surface area contributed by atoms with Crippen molar-refractivity contribution in [2.45, 2.75) is 57.2 Å². The largest absolute Gasteiger partial charge is 0.396 e. The van der Waals surface area contributed by atoms with Gasteiger partial charge in [-0.3, -0.25) is 9.80 Å². The smallest absolute Gasteiger partial charge is 0.0451 e. The summed E-state index contributed by atoms with van der Waals surface area (Å²) in [5.41, 5.74) is 1.21. The average Bonchev–Trinajstić information content (AvgIpc) is 2.58. The van der Waals surface area contributed by atoms with Crippen molar-refractivity contribution >= 4 is 11.6 Å². The van der Waals surface area contributed by atoms with Crippen molar-refractivity contribution in [1.82, 2.24) is 9.80 Å². The van der Waals surface area contributed by atoms with Crippen LogP contribution in [-0.4, -0.2) is 53.2 Å². The highest BCUT2D eigenvalue weighted by molar-refractivity contribution is 6.31. The Hall–Kier alpha value is -0.610. The molecule has 3 rings (SSSR count). The molecule has 1 aliphatic carbocycles. The van der Waals surface area contributed by atoms with E-state index in [1.165, 1.54) is 37.7 Å². The molecule has 0 amide bonds. The molecular weight excluding hydrogens is 308 g/mol. The minimum Gasteiger partial charge on any atom is -0.396 e. The molecule has 1 aliphatic heterocycles. The van der Waals surface area contributed by atoms with Crippen LogP contribution in [0, 0.1) is 0 Å². The molecule has 0 bridgehead atoms. The van der Waals surface area contributed by atoms with Gasteiger partial charge in [-0.2, -0.15) is 0 Å². The van der Waals surface area contributed by atoms with Gasteiger partial charge in [0.2, 0.25) is 0 Å². The molecule has 0 aromatic heterocycles. The minimum atomic E-state index is 0.286. The van der Waals surface area contributed by atoms with Crippen LogP contribution >= 0.6 is 11.6 Å². The van der Waals surface area contributed by atoms with Gasteiger partial charge < -0.3 is 5.11 Å². The molecular formula is C19H29ClN2O. The zero-order valence-electron chi connectivity index (χ0n) is 14.0. The van der Waals surface area contributed by atoms with Crippen LogP contribution < -0.4 is 0 Å². The van der Waals surface area contributed by atoms with Crippen molar-refractivity contribution < 1.29 is 5.11 Å². The van der Waals surface area contributed by atoms with Crippen LogP contribution in [0.25, 0.3) is 0 Å².